The molecule has 1 heterocycles. The van der Waals surface area contributed by atoms with Crippen molar-refractivity contribution in [3.8, 4) is 0 Å². The summed E-state index contributed by atoms with van der Waals surface area (Å²) in [6.07, 6.45) is 6.22. The molecular weight excluding hydrogens is 206 g/mol. The first-order valence-electron chi connectivity index (χ1n) is 5.89. The highest BCUT2D eigenvalue weighted by molar-refractivity contribution is 6.31. The molecule has 0 aromatic heterocycles. The Morgan fingerprint density at radius 3 is 2.93 bits per heavy atom. The van der Waals surface area contributed by atoms with Gasteiger partial charge in [-0.25, -0.2) is 0 Å². The third-order valence-electron chi connectivity index (χ3n) is 3.65. The highest BCUT2D eigenvalue weighted by Gasteiger charge is 2.20. The van der Waals surface area contributed by atoms with Crippen LogP contribution in [0.2, 0.25) is 5.02 Å². The van der Waals surface area contributed by atoms with Crippen molar-refractivity contribution in [1.29, 1.82) is 0 Å². The van der Waals surface area contributed by atoms with Crippen LogP contribution in [0, 0.1) is 0 Å². The summed E-state index contributed by atoms with van der Waals surface area (Å²) in [7, 11) is 0. The van der Waals surface area contributed by atoms with Crippen molar-refractivity contribution in [1.82, 2.24) is 5.32 Å². The molecule has 0 radical (unpaired) electrons. The second-order valence-electron chi connectivity index (χ2n) is 4.64. The molecule has 0 amide bonds. The summed E-state index contributed by atoms with van der Waals surface area (Å²) in [5.74, 6) is 0. The van der Waals surface area contributed by atoms with Gasteiger partial charge in [0, 0.05) is 11.1 Å². The van der Waals surface area contributed by atoms with Gasteiger partial charge >= 0.3 is 0 Å². The molecule has 1 aromatic carbocycles. The van der Waals surface area contributed by atoms with Crippen LogP contribution in [0.3, 0.4) is 0 Å². The van der Waals surface area contributed by atoms with Crippen LogP contribution in [0.4, 0.5) is 0 Å². The lowest BCUT2D eigenvalue weighted by atomic mass is 10.00. The summed E-state index contributed by atoms with van der Waals surface area (Å²) >= 11 is 6.33. The number of rotatable bonds is 1. The Morgan fingerprint density at radius 2 is 2.13 bits per heavy atom. The van der Waals surface area contributed by atoms with Gasteiger partial charge in [-0.15, -0.1) is 0 Å². The predicted molar refractivity (Wildman–Crippen MR) is 63.5 cm³/mol. The molecule has 1 aliphatic heterocycles. The zero-order chi connectivity index (χ0) is 10.3. The van der Waals surface area contributed by atoms with E-state index in [0.29, 0.717) is 6.04 Å². The van der Waals surface area contributed by atoms with Gasteiger partial charge < -0.3 is 5.32 Å². The van der Waals surface area contributed by atoms with E-state index < -0.39 is 0 Å². The third-order valence-corrected chi connectivity index (χ3v) is 3.98. The van der Waals surface area contributed by atoms with Gasteiger partial charge in [-0.2, -0.15) is 0 Å². The smallest absolute Gasteiger partial charge is 0.0444 e. The number of fused-ring (bicyclic) bond motifs is 1. The maximum absolute atomic E-state index is 6.33. The van der Waals surface area contributed by atoms with Gasteiger partial charge in [0.2, 0.25) is 0 Å². The number of nitrogens with one attached hydrogen (secondary N) is 1. The average Bonchev–Trinajstić information content (AvgIpc) is 2.88. The van der Waals surface area contributed by atoms with Gasteiger partial charge in [0.15, 0.2) is 0 Å². The third kappa shape index (κ3) is 1.68. The fourth-order valence-corrected chi connectivity index (χ4v) is 3.19. The normalized spacial score (nSPS) is 24.5. The Kier molecular flexibility index (Phi) is 2.45. The molecule has 1 aliphatic carbocycles. The molecule has 1 fully saturated rings. The first kappa shape index (κ1) is 9.68. The number of halogens is 1. The molecule has 1 saturated heterocycles. The van der Waals surface area contributed by atoms with Crippen LogP contribution in [0.5, 0.6) is 0 Å². The largest absolute Gasteiger partial charge is 0.310 e. The van der Waals surface area contributed by atoms with Gasteiger partial charge in [-0.1, -0.05) is 17.7 Å². The quantitative estimate of drug-likeness (QED) is 0.768. The van der Waals surface area contributed by atoms with Gasteiger partial charge in [0.05, 0.1) is 0 Å². The summed E-state index contributed by atoms with van der Waals surface area (Å²) in [5.41, 5.74) is 4.29. The minimum Gasteiger partial charge on any atom is -0.310 e. The van der Waals surface area contributed by atoms with Crippen molar-refractivity contribution in [2.45, 2.75) is 38.1 Å². The molecule has 15 heavy (non-hydrogen) atoms. The summed E-state index contributed by atoms with van der Waals surface area (Å²) < 4.78 is 0. The van der Waals surface area contributed by atoms with Crippen LogP contribution < -0.4 is 5.32 Å². The predicted octanol–water partition coefficient (Wildman–Crippen LogP) is 3.25. The van der Waals surface area contributed by atoms with Crippen LogP contribution in [0.15, 0.2) is 12.1 Å². The molecule has 0 bridgehead atoms. The lowest BCUT2D eigenvalue weighted by Gasteiger charge is -2.13. The molecule has 1 N–H and O–H groups in total. The summed E-state index contributed by atoms with van der Waals surface area (Å²) in [4.78, 5) is 0. The van der Waals surface area contributed by atoms with Gasteiger partial charge in [-0.05, 0) is 61.4 Å². The van der Waals surface area contributed by atoms with E-state index in [1.165, 1.54) is 48.8 Å². The van der Waals surface area contributed by atoms with E-state index in [9.17, 15) is 0 Å². The van der Waals surface area contributed by atoms with Crippen molar-refractivity contribution in [2.24, 2.45) is 0 Å². The SMILES string of the molecule is Clc1cc([C@@H]2CCCN2)cc2c1CCC2. The zero-order valence-corrected chi connectivity index (χ0v) is 9.61. The Hall–Kier alpha value is -0.530. The molecule has 2 heteroatoms. The number of benzene rings is 1. The molecule has 0 unspecified atom stereocenters. The minimum absolute atomic E-state index is 0.549. The maximum atomic E-state index is 6.33. The van der Waals surface area contributed by atoms with Crippen LogP contribution in [0.1, 0.15) is 42.0 Å². The van der Waals surface area contributed by atoms with Crippen molar-refractivity contribution >= 4 is 11.6 Å². The van der Waals surface area contributed by atoms with Crippen molar-refractivity contribution in [2.75, 3.05) is 6.54 Å². The Balaban J connectivity index is 1.99. The van der Waals surface area contributed by atoms with E-state index in [0.717, 1.165) is 11.6 Å². The van der Waals surface area contributed by atoms with Gasteiger partial charge in [-0.3, -0.25) is 0 Å². The zero-order valence-electron chi connectivity index (χ0n) is 8.85. The second-order valence-corrected chi connectivity index (χ2v) is 5.05. The lowest BCUT2D eigenvalue weighted by molar-refractivity contribution is 0.647. The molecule has 3 rings (SSSR count). The maximum Gasteiger partial charge on any atom is 0.0444 e. The number of hydrogen-bond acceptors (Lipinski definition) is 1. The van der Waals surface area contributed by atoms with Crippen molar-refractivity contribution in [3.63, 3.8) is 0 Å². The molecule has 0 saturated carbocycles. The van der Waals surface area contributed by atoms with Crippen LogP contribution >= 0.6 is 11.6 Å². The van der Waals surface area contributed by atoms with E-state index in [-0.39, 0.29) is 0 Å². The first-order valence-corrected chi connectivity index (χ1v) is 6.27. The van der Waals surface area contributed by atoms with E-state index in [1.54, 1.807) is 0 Å². The topological polar surface area (TPSA) is 12.0 Å². The average molecular weight is 222 g/mol. The molecule has 2 aliphatic rings. The van der Waals surface area contributed by atoms with E-state index in [1.807, 2.05) is 0 Å². The highest BCUT2D eigenvalue weighted by Crippen LogP contribution is 2.34. The Bertz CT molecular complexity index is 380. The monoisotopic (exact) mass is 221 g/mol. The Labute approximate surface area is 95.8 Å². The van der Waals surface area contributed by atoms with E-state index in [2.05, 4.69) is 17.4 Å². The van der Waals surface area contributed by atoms with Crippen molar-refractivity contribution < 1.29 is 0 Å². The second kappa shape index (κ2) is 3.80. The van der Waals surface area contributed by atoms with Gasteiger partial charge in [0.25, 0.3) is 0 Å². The summed E-state index contributed by atoms with van der Waals surface area (Å²) in [5, 5.41) is 4.53. The lowest BCUT2D eigenvalue weighted by Crippen LogP contribution is -2.13. The fraction of sp³-hybridized carbons (Fsp3) is 0.538. The Morgan fingerprint density at radius 1 is 1.20 bits per heavy atom. The fourth-order valence-electron chi connectivity index (χ4n) is 2.85. The van der Waals surface area contributed by atoms with E-state index >= 15 is 0 Å². The van der Waals surface area contributed by atoms with Crippen LogP contribution in [-0.2, 0) is 12.8 Å². The molecule has 1 aromatic rings. The minimum atomic E-state index is 0.549. The van der Waals surface area contributed by atoms with Crippen molar-refractivity contribution in [3.05, 3.63) is 33.8 Å². The number of hydrogen-bond donors (Lipinski definition) is 1. The molecule has 0 spiro atoms. The van der Waals surface area contributed by atoms with Crippen LogP contribution in [-0.4, -0.2) is 6.54 Å². The van der Waals surface area contributed by atoms with Gasteiger partial charge in [0.1, 0.15) is 0 Å². The molecular formula is C13H16ClN. The van der Waals surface area contributed by atoms with E-state index in [4.69, 9.17) is 11.6 Å². The summed E-state index contributed by atoms with van der Waals surface area (Å²) in [6, 6.07) is 5.10. The molecule has 80 valence electrons. The summed E-state index contributed by atoms with van der Waals surface area (Å²) in [6.45, 7) is 1.15. The van der Waals surface area contributed by atoms with Crippen LogP contribution in [0.25, 0.3) is 0 Å². The number of aryl methyl sites for hydroxylation is 1. The molecule has 1 atom stereocenters. The highest BCUT2D eigenvalue weighted by atomic mass is 35.5. The first-order chi connectivity index (χ1) is 7.34. The standard InChI is InChI=1S/C13H16ClN/c14-12-8-10(13-5-2-6-15-13)7-9-3-1-4-11(9)12/h7-8,13,15H,1-6H2/t13-/m0/s1. The molecule has 1 nitrogen and oxygen atoms in total.